The summed E-state index contributed by atoms with van der Waals surface area (Å²) < 4.78 is 27.7. The van der Waals surface area contributed by atoms with E-state index in [4.69, 9.17) is 0 Å². The largest absolute Gasteiger partial charge is 0.310 e. The quantitative estimate of drug-likeness (QED) is 0.775. The van der Waals surface area contributed by atoms with Gasteiger partial charge < -0.3 is 5.32 Å². The normalized spacial score (nSPS) is 17.1. The van der Waals surface area contributed by atoms with Crippen molar-refractivity contribution in [1.82, 2.24) is 10.0 Å². The van der Waals surface area contributed by atoms with Gasteiger partial charge in [-0.2, -0.15) is 0 Å². The summed E-state index contributed by atoms with van der Waals surface area (Å²) in [6.07, 6.45) is 2.39. The van der Waals surface area contributed by atoms with Crippen molar-refractivity contribution in [3.63, 3.8) is 0 Å². The Hall–Kier alpha value is -0.910. The summed E-state index contributed by atoms with van der Waals surface area (Å²) in [6, 6.07) is 7.80. The Morgan fingerprint density at radius 2 is 1.86 bits per heavy atom. The van der Waals surface area contributed by atoms with Crippen molar-refractivity contribution in [1.29, 1.82) is 0 Å². The van der Waals surface area contributed by atoms with E-state index in [2.05, 4.69) is 30.8 Å². The van der Waals surface area contributed by atoms with Gasteiger partial charge in [0.1, 0.15) is 0 Å². The van der Waals surface area contributed by atoms with Gasteiger partial charge in [-0.25, -0.2) is 13.1 Å². The number of sulfonamides is 1. The van der Waals surface area contributed by atoms with Crippen LogP contribution in [0.1, 0.15) is 39.2 Å². The maximum Gasteiger partial charge on any atom is 0.240 e. The van der Waals surface area contributed by atoms with Crippen LogP contribution in [0.15, 0.2) is 29.2 Å². The molecule has 1 aromatic carbocycles. The van der Waals surface area contributed by atoms with Crippen LogP contribution in [-0.2, 0) is 16.6 Å². The predicted molar refractivity (Wildman–Crippen MR) is 85.5 cm³/mol. The number of benzene rings is 1. The van der Waals surface area contributed by atoms with Gasteiger partial charge in [0, 0.05) is 19.1 Å². The van der Waals surface area contributed by atoms with Gasteiger partial charge >= 0.3 is 0 Å². The van der Waals surface area contributed by atoms with Crippen molar-refractivity contribution in [2.24, 2.45) is 11.8 Å². The Labute approximate surface area is 128 Å². The Bertz CT molecular complexity index is 565. The van der Waals surface area contributed by atoms with Crippen molar-refractivity contribution < 1.29 is 8.42 Å². The molecule has 1 aliphatic carbocycles. The molecule has 1 aromatic rings. The van der Waals surface area contributed by atoms with Crippen LogP contribution < -0.4 is 10.0 Å². The zero-order valence-electron chi connectivity index (χ0n) is 13.1. The van der Waals surface area contributed by atoms with Crippen LogP contribution in [0.2, 0.25) is 0 Å². The zero-order valence-corrected chi connectivity index (χ0v) is 13.9. The number of hydrogen-bond donors (Lipinski definition) is 2. The molecular weight excluding hydrogens is 284 g/mol. The van der Waals surface area contributed by atoms with Gasteiger partial charge in [0.05, 0.1) is 4.90 Å². The van der Waals surface area contributed by atoms with E-state index in [1.54, 1.807) is 12.1 Å². The van der Waals surface area contributed by atoms with Gasteiger partial charge in [0.15, 0.2) is 0 Å². The Morgan fingerprint density at radius 1 is 1.19 bits per heavy atom. The molecule has 1 fully saturated rings. The van der Waals surface area contributed by atoms with Crippen LogP contribution in [0.3, 0.4) is 0 Å². The molecule has 0 aliphatic heterocycles. The standard InChI is InChI=1S/C16H26N2O2S/c1-12(2)13(3)10-18-21(19,20)16-7-5-4-6-14(16)11-17-15-8-9-15/h4-7,12-13,15,17-18H,8-11H2,1-3H3. The Morgan fingerprint density at radius 3 is 2.48 bits per heavy atom. The van der Waals surface area contributed by atoms with Crippen LogP contribution in [0.4, 0.5) is 0 Å². The molecule has 0 bridgehead atoms. The lowest BCUT2D eigenvalue weighted by atomic mass is 9.99. The van der Waals surface area contributed by atoms with Crippen molar-refractivity contribution in [3.05, 3.63) is 29.8 Å². The van der Waals surface area contributed by atoms with Crippen LogP contribution in [0.25, 0.3) is 0 Å². The molecule has 21 heavy (non-hydrogen) atoms. The highest BCUT2D eigenvalue weighted by Gasteiger charge is 2.23. The number of rotatable bonds is 8. The lowest BCUT2D eigenvalue weighted by molar-refractivity contribution is 0.414. The number of hydrogen-bond acceptors (Lipinski definition) is 3. The van der Waals surface area contributed by atoms with Crippen molar-refractivity contribution in [2.75, 3.05) is 6.54 Å². The van der Waals surface area contributed by atoms with Gasteiger partial charge in [-0.1, -0.05) is 39.0 Å². The van der Waals surface area contributed by atoms with Crippen molar-refractivity contribution in [3.8, 4) is 0 Å². The molecule has 4 nitrogen and oxygen atoms in total. The van der Waals surface area contributed by atoms with E-state index in [1.807, 2.05) is 12.1 Å². The summed E-state index contributed by atoms with van der Waals surface area (Å²) in [6.45, 7) is 7.36. The first-order chi connectivity index (χ1) is 9.90. The second kappa shape index (κ2) is 6.90. The third kappa shape index (κ3) is 4.80. The summed E-state index contributed by atoms with van der Waals surface area (Å²) in [7, 11) is -3.44. The summed E-state index contributed by atoms with van der Waals surface area (Å²) >= 11 is 0. The van der Waals surface area contributed by atoms with Gasteiger partial charge in [0.2, 0.25) is 10.0 Å². The van der Waals surface area contributed by atoms with Crippen LogP contribution in [0.5, 0.6) is 0 Å². The average molecular weight is 310 g/mol. The third-order valence-corrected chi connectivity index (χ3v) is 5.68. The minimum Gasteiger partial charge on any atom is -0.310 e. The van der Waals surface area contributed by atoms with E-state index in [1.165, 1.54) is 12.8 Å². The van der Waals surface area contributed by atoms with E-state index >= 15 is 0 Å². The van der Waals surface area contributed by atoms with E-state index in [0.29, 0.717) is 35.9 Å². The molecule has 1 atom stereocenters. The molecule has 118 valence electrons. The molecule has 0 aromatic heterocycles. The van der Waals surface area contributed by atoms with Crippen molar-refractivity contribution >= 4 is 10.0 Å². The monoisotopic (exact) mass is 310 g/mol. The molecule has 1 aliphatic rings. The molecule has 0 amide bonds. The number of nitrogens with one attached hydrogen (secondary N) is 2. The molecule has 1 unspecified atom stereocenters. The third-order valence-electron chi connectivity index (χ3n) is 4.15. The van der Waals surface area contributed by atoms with Crippen LogP contribution in [0, 0.1) is 11.8 Å². The van der Waals surface area contributed by atoms with Gasteiger partial charge in [-0.05, 0) is 36.3 Å². The summed E-state index contributed by atoms with van der Waals surface area (Å²) in [5.41, 5.74) is 0.842. The predicted octanol–water partition coefficient (Wildman–Crippen LogP) is 2.51. The molecule has 0 spiro atoms. The summed E-state index contributed by atoms with van der Waals surface area (Å²) in [4.78, 5) is 0.397. The summed E-state index contributed by atoms with van der Waals surface area (Å²) in [5.74, 6) is 0.774. The Kier molecular flexibility index (Phi) is 5.41. The van der Waals surface area contributed by atoms with E-state index < -0.39 is 10.0 Å². The van der Waals surface area contributed by atoms with Gasteiger partial charge in [-0.15, -0.1) is 0 Å². The molecule has 0 heterocycles. The molecule has 1 saturated carbocycles. The topological polar surface area (TPSA) is 58.2 Å². The molecule has 2 N–H and O–H groups in total. The smallest absolute Gasteiger partial charge is 0.240 e. The second-order valence-electron chi connectivity index (χ2n) is 6.34. The minimum absolute atomic E-state index is 0.316. The summed E-state index contributed by atoms with van der Waals surface area (Å²) in [5, 5.41) is 3.38. The molecular formula is C16H26N2O2S. The van der Waals surface area contributed by atoms with E-state index in [-0.39, 0.29) is 0 Å². The molecule has 2 rings (SSSR count). The Balaban J connectivity index is 2.07. The first-order valence-corrected chi connectivity index (χ1v) is 9.19. The molecule has 0 saturated heterocycles. The van der Waals surface area contributed by atoms with E-state index in [0.717, 1.165) is 5.56 Å². The maximum absolute atomic E-state index is 12.5. The molecule has 5 heteroatoms. The minimum atomic E-state index is -3.44. The fourth-order valence-electron chi connectivity index (χ4n) is 2.01. The first-order valence-electron chi connectivity index (χ1n) is 7.71. The SMILES string of the molecule is CC(C)C(C)CNS(=O)(=O)c1ccccc1CNC1CC1. The second-order valence-corrected chi connectivity index (χ2v) is 8.07. The highest BCUT2D eigenvalue weighted by Crippen LogP contribution is 2.21. The first kappa shape index (κ1) is 16.5. The van der Waals surface area contributed by atoms with Crippen molar-refractivity contribution in [2.45, 2.75) is 51.1 Å². The molecule has 0 radical (unpaired) electrons. The fourth-order valence-corrected chi connectivity index (χ4v) is 3.39. The van der Waals surface area contributed by atoms with Crippen LogP contribution >= 0.6 is 0 Å². The van der Waals surface area contributed by atoms with Gasteiger partial charge in [-0.3, -0.25) is 0 Å². The highest BCUT2D eigenvalue weighted by molar-refractivity contribution is 7.89. The maximum atomic E-state index is 12.5. The lowest BCUT2D eigenvalue weighted by Gasteiger charge is -2.17. The van der Waals surface area contributed by atoms with E-state index in [9.17, 15) is 8.42 Å². The zero-order chi connectivity index (χ0) is 15.5. The average Bonchev–Trinajstić information content (AvgIpc) is 3.27. The lowest BCUT2D eigenvalue weighted by Crippen LogP contribution is -2.31. The van der Waals surface area contributed by atoms with Crippen LogP contribution in [-0.4, -0.2) is 21.0 Å². The fraction of sp³-hybridized carbons (Fsp3) is 0.625. The highest BCUT2D eigenvalue weighted by atomic mass is 32.2. The van der Waals surface area contributed by atoms with Gasteiger partial charge in [0.25, 0.3) is 0 Å².